The second-order valence-electron chi connectivity index (χ2n) is 6.19. The standard InChI is InChI=1S/C21H16O4/c1-2-11-25-20(23)18-17(22)12-21(24)16-10-6-5-8-14(16)13-7-3-4-9-15(13)19(18)21/h2-10,24H,1,11-12H2. The highest BCUT2D eigenvalue weighted by Crippen LogP contribution is 2.55. The Labute approximate surface area is 145 Å². The molecule has 1 unspecified atom stereocenters. The van der Waals surface area contributed by atoms with Crippen molar-refractivity contribution >= 4 is 17.3 Å². The predicted octanol–water partition coefficient (Wildman–Crippen LogP) is 3.01. The van der Waals surface area contributed by atoms with Crippen LogP contribution in [0, 0.1) is 0 Å². The Morgan fingerprint density at radius 1 is 1.12 bits per heavy atom. The summed E-state index contributed by atoms with van der Waals surface area (Å²) in [7, 11) is 0. The van der Waals surface area contributed by atoms with Crippen LogP contribution in [0.5, 0.6) is 0 Å². The molecule has 1 atom stereocenters. The predicted molar refractivity (Wildman–Crippen MR) is 93.5 cm³/mol. The van der Waals surface area contributed by atoms with Gasteiger partial charge in [-0.3, -0.25) is 4.79 Å². The zero-order valence-corrected chi connectivity index (χ0v) is 13.5. The second-order valence-corrected chi connectivity index (χ2v) is 6.19. The summed E-state index contributed by atoms with van der Waals surface area (Å²) in [5.41, 5.74) is 1.88. The van der Waals surface area contributed by atoms with Crippen LogP contribution in [0.1, 0.15) is 17.5 Å². The molecule has 0 fully saturated rings. The molecule has 2 aliphatic rings. The number of ether oxygens (including phenoxy) is 1. The summed E-state index contributed by atoms with van der Waals surface area (Å²) >= 11 is 0. The fraction of sp³-hybridized carbons (Fsp3) is 0.143. The first-order chi connectivity index (χ1) is 12.1. The summed E-state index contributed by atoms with van der Waals surface area (Å²) in [5, 5.41) is 11.4. The third-order valence-corrected chi connectivity index (χ3v) is 4.75. The number of Topliss-reactive ketones (excluding diaryl/α,β-unsaturated/α-hetero) is 1. The molecular formula is C21H16O4. The van der Waals surface area contributed by atoms with Gasteiger partial charge in [-0.05, 0) is 22.3 Å². The van der Waals surface area contributed by atoms with Crippen molar-refractivity contribution in [3.05, 3.63) is 77.9 Å². The molecule has 124 valence electrons. The van der Waals surface area contributed by atoms with Crippen LogP contribution < -0.4 is 0 Å². The van der Waals surface area contributed by atoms with Crippen molar-refractivity contribution in [2.24, 2.45) is 0 Å². The number of carbonyl (C=O) groups excluding carboxylic acids is 2. The average molecular weight is 332 g/mol. The Bertz CT molecular complexity index is 954. The number of fused-ring (bicyclic) bond motifs is 6. The lowest BCUT2D eigenvalue weighted by Crippen LogP contribution is -2.29. The van der Waals surface area contributed by atoms with E-state index >= 15 is 0 Å². The number of carbonyl (C=O) groups is 2. The van der Waals surface area contributed by atoms with Crippen LogP contribution in [0.15, 0.2) is 66.8 Å². The first-order valence-corrected chi connectivity index (χ1v) is 8.05. The van der Waals surface area contributed by atoms with E-state index in [1.807, 2.05) is 42.5 Å². The van der Waals surface area contributed by atoms with Gasteiger partial charge in [0.05, 0.1) is 0 Å². The number of hydrogen-bond donors (Lipinski definition) is 1. The van der Waals surface area contributed by atoms with Gasteiger partial charge in [-0.25, -0.2) is 4.79 Å². The smallest absolute Gasteiger partial charge is 0.342 e. The quantitative estimate of drug-likeness (QED) is 0.533. The summed E-state index contributed by atoms with van der Waals surface area (Å²) in [6.07, 6.45) is 1.28. The minimum atomic E-state index is -1.51. The molecule has 0 saturated carbocycles. The van der Waals surface area contributed by atoms with E-state index in [0.29, 0.717) is 16.7 Å². The third-order valence-electron chi connectivity index (χ3n) is 4.75. The summed E-state index contributed by atoms with van der Waals surface area (Å²) < 4.78 is 5.10. The topological polar surface area (TPSA) is 63.6 Å². The first-order valence-electron chi connectivity index (χ1n) is 8.05. The molecule has 0 radical (unpaired) electrons. The fourth-order valence-electron chi connectivity index (χ4n) is 3.78. The van der Waals surface area contributed by atoms with Gasteiger partial charge < -0.3 is 9.84 Å². The zero-order valence-electron chi connectivity index (χ0n) is 13.5. The van der Waals surface area contributed by atoms with Crippen LogP contribution in [0.4, 0.5) is 0 Å². The van der Waals surface area contributed by atoms with E-state index in [0.717, 1.165) is 11.1 Å². The second kappa shape index (κ2) is 5.53. The van der Waals surface area contributed by atoms with E-state index in [2.05, 4.69) is 6.58 Å². The molecule has 2 aromatic rings. The number of esters is 1. The average Bonchev–Trinajstić information content (AvgIpc) is 2.91. The van der Waals surface area contributed by atoms with Crippen LogP contribution in [-0.4, -0.2) is 23.5 Å². The fourth-order valence-corrected chi connectivity index (χ4v) is 3.78. The number of ketones is 1. The lowest BCUT2D eigenvalue weighted by atomic mass is 9.73. The maximum absolute atomic E-state index is 12.6. The molecule has 0 bridgehead atoms. The molecule has 2 aromatic carbocycles. The summed E-state index contributed by atoms with van der Waals surface area (Å²) in [5.74, 6) is -1.12. The van der Waals surface area contributed by atoms with Crippen molar-refractivity contribution < 1.29 is 19.4 Å². The minimum absolute atomic E-state index is 0.0134. The molecule has 0 spiro atoms. The molecule has 0 aliphatic heterocycles. The molecule has 0 heterocycles. The minimum Gasteiger partial charge on any atom is -0.458 e. The lowest BCUT2D eigenvalue weighted by molar-refractivity contribution is -0.139. The van der Waals surface area contributed by atoms with Gasteiger partial charge in [0.2, 0.25) is 0 Å². The SMILES string of the molecule is C=CCOC(=O)C1=C2c3ccccc3-c3ccccc3C2(O)CC1=O. The van der Waals surface area contributed by atoms with Crippen LogP contribution in [0.2, 0.25) is 0 Å². The van der Waals surface area contributed by atoms with E-state index in [4.69, 9.17) is 4.74 Å². The van der Waals surface area contributed by atoms with Crippen molar-refractivity contribution in [3.63, 3.8) is 0 Å². The number of aliphatic hydroxyl groups is 1. The van der Waals surface area contributed by atoms with Crippen molar-refractivity contribution in [3.8, 4) is 11.1 Å². The van der Waals surface area contributed by atoms with Crippen LogP contribution in [-0.2, 0) is 19.9 Å². The maximum atomic E-state index is 12.6. The normalized spacial score (nSPS) is 20.6. The van der Waals surface area contributed by atoms with Gasteiger partial charge in [0.25, 0.3) is 0 Å². The number of benzene rings is 2. The Hall–Kier alpha value is -2.98. The summed E-state index contributed by atoms with van der Waals surface area (Å²) in [6.45, 7) is 3.52. The lowest BCUT2D eigenvalue weighted by Gasteiger charge is -2.34. The van der Waals surface area contributed by atoms with Gasteiger partial charge in [-0.1, -0.05) is 61.2 Å². The number of rotatable bonds is 3. The number of hydrogen-bond acceptors (Lipinski definition) is 4. The molecule has 1 N–H and O–H groups in total. The van der Waals surface area contributed by atoms with Gasteiger partial charge in [-0.2, -0.15) is 0 Å². The molecule has 0 aromatic heterocycles. The Morgan fingerprint density at radius 3 is 2.48 bits per heavy atom. The maximum Gasteiger partial charge on any atom is 0.342 e. The van der Waals surface area contributed by atoms with Gasteiger partial charge in [0.15, 0.2) is 5.78 Å². The van der Waals surface area contributed by atoms with E-state index in [1.54, 1.807) is 6.07 Å². The molecule has 0 amide bonds. The Morgan fingerprint density at radius 2 is 1.76 bits per heavy atom. The highest BCUT2D eigenvalue weighted by molar-refractivity contribution is 6.28. The van der Waals surface area contributed by atoms with E-state index < -0.39 is 17.4 Å². The Balaban J connectivity index is 2.03. The van der Waals surface area contributed by atoms with Crippen LogP contribution in [0.3, 0.4) is 0 Å². The van der Waals surface area contributed by atoms with Gasteiger partial charge >= 0.3 is 5.97 Å². The third kappa shape index (κ3) is 2.11. The monoisotopic (exact) mass is 332 g/mol. The van der Waals surface area contributed by atoms with Gasteiger partial charge in [0.1, 0.15) is 17.8 Å². The van der Waals surface area contributed by atoms with Gasteiger partial charge in [-0.15, -0.1) is 0 Å². The van der Waals surface area contributed by atoms with Crippen molar-refractivity contribution in [2.45, 2.75) is 12.0 Å². The zero-order chi connectivity index (χ0) is 17.6. The van der Waals surface area contributed by atoms with Crippen molar-refractivity contribution in [1.29, 1.82) is 0 Å². The highest BCUT2D eigenvalue weighted by atomic mass is 16.5. The molecule has 4 rings (SSSR count). The Kier molecular flexibility index (Phi) is 3.44. The molecule has 4 nitrogen and oxygen atoms in total. The van der Waals surface area contributed by atoms with Gasteiger partial charge in [0, 0.05) is 12.0 Å². The largest absolute Gasteiger partial charge is 0.458 e. The summed E-state index contributed by atoms with van der Waals surface area (Å²) in [6, 6.07) is 14.9. The molecule has 2 aliphatic carbocycles. The van der Waals surface area contributed by atoms with Crippen LogP contribution >= 0.6 is 0 Å². The summed E-state index contributed by atoms with van der Waals surface area (Å²) in [4.78, 5) is 25.1. The van der Waals surface area contributed by atoms with Crippen LogP contribution in [0.25, 0.3) is 16.7 Å². The molecule has 0 saturated heterocycles. The molecular weight excluding hydrogens is 316 g/mol. The van der Waals surface area contributed by atoms with Crippen molar-refractivity contribution in [2.75, 3.05) is 6.61 Å². The van der Waals surface area contributed by atoms with E-state index in [-0.39, 0.29) is 18.6 Å². The highest BCUT2D eigenvalue weighted by Gasteiger charge is 2.52. The molecule has 4 heteroatoms. The first kappa shape index (κ1) is 15.5. The van der Waals surface area contributed by atoms with E-state index in [1.165, 1.54) is 6.08 Å². The van der Waals surface area contributed by atoms with Crippen molar-refractivity contribution in [1.82, 2.24) is 0 Å². The molecule has 25 heavy (non-hydrogen) atoms. The van der Waals surface area contributed by atoms with E-state index in [9.17, 15) is 14.7 Å².